The second-order valence-corrected chi connectivity index (χ2v) is 15.2. The molecular weight excluding hydrogens is 662 g/mol. The smallest absolute Gasteiger partial charge is 0.161 e. The Hall–Kier alpha value is -3.59. The Morgan fingerprint density at radius 2 is 1.06 bits per heavy atom. The number of likely N-dealkylation sites (tertiary alicyclic amines) is 1. The van der Waals surface area contributed by atoms with Crippen molar-refractivity contribution in [2.24, 2.45) is 0 Å². The van der Waals surface area contributed by atoms with Gasteiger partial charge in [-0.1, -0.05) is 112 Å². The van der Waals surface area contributed by atoms with Gasteiger partial charge < -0.3 is 30.5 Å². The van der Waals surface area contributed by atoms with Crippen LogP contribution in [0.1, 0.15) is 82.9 Å². The van der Waals surface area contributed by atoms with E-state index in [1.807, 2.05) is 30.3 Å². The monoisotopic (exact) mass is 725 g/mol. The standard InChI is InChI=1S/C21H26FNO.C12H17NO2.C12H17N.CH4/c1-21(18-6-3-2-4-7-18)12-15-23(16-13-21)14-5-17-24-20-10-8-19(22)9-11-20;14-11(15)12(6-8-13-9-7-12)10-4-2-1-3-5-10;1-12(7-9-13-10-8-12)11-5-3-2-4-6-11;/h2-4,6-11H,5,12-17H2,1H3;1-5,11,13-15H,6-9H2;2-6,13H,7-10H2,1H3;1H4. The molecule has 3 heterocycles. The highest BCUT2D eigenvalue weighted by Gasteiger charge is 2.39. The molecule has 0 aliphatic carbocycles. The van der Waals surface area contributed by atoms with E-state index in [4.69, 9.17) is 4.74 Å². The lowest BCUT2D eigenvalue weighted by Gasteiger charge is -2.40. The first-order valence-corrected chi connectivity index (χ1v) is 19.3. The minimum absolute atomic E-state index is 0. The van der Waals surface area contributed by atoms with Gasteiger partial charge in [-0.25, -0.2) is 4.39 Å². The molecule has 3 aliphatic rings. The number of hydrogen-bond acceptors (Lipinski definition) is 6. The van der Waals surface area contributed by atoms with Gasteiger partial charge in [-0.2, -0.15) is 0 Å². The van der Waals surface area contributed by atoms with E-state index in [-0.39, 0.29) is 13.2 Å². The zero-order valence-corrected chi connectivity index (χ0v) is 31.3. The van der Waals surface area contributed by atoms with Gasteiger partial charge in [0.2, 0.25) is 0 Å². The van der Waals surface area contributed by atoms with E-state index in [1.165, 1.54) is 48.9 Å². The summed E-state index contributed by atoms with van der Waals surface area (Å²) in [6.45, 7) is 12.8. The summed E-state index contributed by atoms with van der Waals surface area (Å²) in [5.41, 5.74) is 4.23. The SMILES string of the molecule is C.CC1(c2ccccc2)CCN(CCCOc2ccc(F)cc2)CC1.CC1(c2ccccc2)CCNCC1.OC(O)C1(c2ccccc2)CCNCC1. The Morgan fingerprint density at radius 1 is 0.623 bits per heavy atom. The van der Waals surface area contributed by atoms with Crippen molar-refractivity contribution < 1.29 is 19.3 Å². The van der Waals surface area contributed by atoms with Gasteiger partial charge in [0.25, 0.3) is 0 Å². The number of halogens is 1. The first-order valence-electron chi connectivity index (χ1n) is 19.3. The molecule has 4 aromatic carbocycles. The average Bonchev–Trinajstić information content (AvgIpc) is 3.20. The normalized spacial score (nSPS) is 19.0. The van der Waals surface area contributed by atoms with E-state index in [1.54, 1.807) is 12.1 Å². The molecule has 53 heavy (non-hydrogen) atoms. The summed E-state index contributed by atoms with van der Waals surface area (Å²) < 4.78 is 18.5. The molecule has 4 aromatic rings. The third kappa shape index (κ3) is 12.0. The predicted octanol–water partition coefficient (Wildman–Crippen LogP) is 8.23. The molecule has 0 bridgehead atoms. The minimum atomic E-state index is -1.28. The van der Waals surface area contributed by atoms with Crippen LogP contribution >= 0.6 is 0 Å². The average molecular weight is 726 g/mol. The van der Waals surface area contributed by atoms with E-state index < -0.39 is 11.7 Å². The molecule has 0 unspecified atom stereocenters. The highest BCUT2D eigenvalue weighted by molar-refractivity contribution is 5.28. The van der Waals surface area contributed by atoms with E-state index in [9.17, 15) is 14.6 Å². The van der Waals surface area contributed by atoms with Crippen LogP contribution in [0.25, 0.3) is 0 Å². The van der Waals surface area contributed by atoms with Gasteiger partial charge in [-0.15, -0.1) is 0 Å². The van der Waals surface area contributed by atoms with E-state index in [0.29, 0.717) is 17.4 Å². The maximum absolute atomic E-state index is 12.8. The van der Waals surface area contributed by atoms with Crippen LogP contribution in [0.5, 0.6) is 5.75 Å². The van der Waals surface area contributed by atoms with Gasteiger partial charge in [-0.05, 0) is 136 Å². The number of nitrogens with one attached hydrogen (secondary N) is 2. The second-order valence-electron chi connectivity index (χ2n) is 15.2. The quantitative estimate of drug-likeness (QED) is 0.103. The summed E-state index contributed by atoms with van der Waals surface area (Å²) in [5, 5.41) is 25.9. The van der Waals surface area contributed by atoms with Crippen LogP contribution in [-0.4, -0.2) is 73.8 Å². The topological polar surface area (TPSA) is 77.0 Å². The second kappa shape index (κ2) is 20.8. The molecule has 3 aliphatic heterocycles. The van der Waals surface area contributed by atoms with Crippen molar-refractivity contribution >= 4 is 0 Å². The van der Waals surface area contributed by atoms with Crippen LogP contribution in [0.15, 0.2) is 115 Å². The number of benzene rings is 4. The number of ether oxygens (including phenoxy) is 1. The molecule has 7 rings (SSSR count). The first-order chi connectivity index (χ1) is 25.2. The Morgan fingerprint density at radius 3 is 1.53 bits per heavy atom. The molecule has 0 aromatic heterocycles. The number of rotatable bonds is 9. The molecular formula is C46H64FN3O3. The fourth-order valence-electron chi connectivity index (χ4n) is 7.86. The number of nitrogens with zero attached hydrogens (tertiary/aromatic N) is 1. The molecule has 0 saturated carbocycles. The molecule has 0 atom stereocenters. The maximum atomic E-state index is 12.8. The Balaban J connectivity index is 0.000000187. The van der Waals surface area contributed by atoms with Crippen LogP contribution in [0.2, 0.25) is 0 Å². The summed E-state index contributed by atoms with van der Waals surface area (Å²) in [7, 11) is 0. The predicted molar refractivity (Wildman–Crippen MR) is 217 cm³/mol. The van der Waals surface area contributed by atoms with Crippen molar-refractivity contribution in [2.75, 3.05) is 52.4 Å². The third-order valence-electron chi connectivity index (χ3n) is 11.6. The zero-order chi connectivity index (χ0) is 36.7. The number of hydrogen-bond donors (Lipinski definition) is 4. The van der Waals surface area contributed by atoms with Crippen molar-refractivity contribution in [1.82, 2.24) is 15.5 Å². The molecule has 288 valence electrons. The van der Waals surface area contributed by atoms with Gasteiger partial charge in [0.1, 0.15) is 11.6 Å². The highest BCUT2D eigenvalue weighted by atomic mass is 19.1. The zero-order valence-electron chi connectivity index (χ0n) is 31.3. The lowest BCUT2D eigenvalue weighted by Crippen LogP contribution is -2.47. The third-order valence-corrected chi connectivity index (χ3v) is 11.6. The molecule has 4 N–H and O–H groups in total. The van der Waals surface area contributed by atoms with E-state index >= 15 is 0 Å². The number of aliphatic hydroxyl groups is 2. The lowest BCUT2D eigenvalue weighted by atomic mass is 9.72. The molecule has 0 amide bonds. The Bertz CT molecular complexity index is 1550. The molecule has 0 radical (unpaired) electrons. The van der Waals surface area contributed by atoms with Crippen molar-refractivity contribution in [1.29, 1.82) is 0 Å². The summed E-state index contributed by atoms with van der Waals surface area (Å²) in [4.78, 5) is 2.53. The van der Waals surface area contributed by atoms with Gasteiger partial charge in [-0.3, -0.25) is 0 Å². The van der Waals surface area contributed by atoms with Gasteiger partial charge in [0.15, 0.2) is 6.29 Å². The van der Waals surface area contributed by atoms with Crippen molar-refractivity contribution in [2.45, 2.75) is 88.8 Å². The van der Waals surface area contributed by atoms with E-state index in [0.717, 1.165) is 76.4 Å². The summed E-state index contributed by atoms with van der Waals surface area (Å²) in [5.74, 6) is 0.517. The molecule has 3 saturated heterocycles. The fourth-order valence-corrected chi connectivity index (χ4v) is 7.86. The Labute approximate surface area is 318 Å². The van der Waals surface area contributed by atoms with E-state index in [2.05, 4.69) is 90.0 Å². The van der Waals surface area contributed by atoms with Crippen LogP contribution in [0, 0.1) is 5.82 Å². The minimum Gasteiger partial charge on any atom is -0.494 e. The van der Waals surface area contributed by atoms with Crippen LogP contribution in [0.3, 0.4) is 0 Å². The summed E-state index contributed by atoms with van der Waals surface area (Å²) in [6.07, 6.45) is 6.20. The fraction of sp³-hybridized carbons (Fsp3) is 0.478. The highest BCUT2D eigenvalue weighted by Crippen LogP contribution is 2.37. The van der Waals surface area contributed by atoms with Crippen molar-refractivity contribution in [3.63, 3.8) is 0 Å². The van der Waals surface area contributed by atoms with Gasteiger partial charge >= 0.3 is 0 Å². The lowest BCUT2D eigenvalue weighted by molar-refractivity contribution is -0.109. The van der Waals surface area contributed by atoms with Crippen LogP contribution in [0.4, 0.5) is 4.39 Å². The van der Waals surface area contributed by atoms with Gasteiger partial charge in [0.05, 0.1) is 6.61 Å². The molecule has 6 nitrogen and oxygen atoms in total. The van der Waals surface area contributed by atoms with Crippen molar-refractivity contribution in [3.05, 3.63) is 138 Å². The number of piperidine rings is 3. The van der Waals surface area contributed by atoms with Crippen LogP contribution < -0.4 is 15.4 Å². The summed E-state index contributed by atoms with van der Waals surface area (Å²) in [6, 6.07) is 37.8. The number of aliphatic hydroxyl groups excluding tert-OH is 1. The molecule has 0 spiro atoms. The molecule has 3 fully saturated rings. The largest absolute Gasteiger partial charge is 0.494 e. The van der Waals surface area contributed by atoms with Crippen LogP contribution in [-0.2, 0) is 16.2 Å². The van der Waals surface area contributed by atoms with Gasteiger partial charge in [0, 0.05) is 12.0 Å². The summed E-state index contributed by atoms with van der Waals surface area (Å²) >= 11 is 0. The first kappa shape index (κ1) is 42.2. The Kier molecular flexibility index (Phi) is 16.5. The maximum Gasteiger partial charge on any atom is 0.161 e. The van der Waals surface area contributed by atoms with Crippen molar-refractivity contribution in [3.8, 4) is 5.75 Å². The molecule has 7 heteroatoms.